The number of rotatable bonds is 7. The van der Waals surface area contributed by atoms with E-state index in [1.165, 1.54) is 11.1 Å². The van der Waals surface area contributed by atoms with Crippen molar-refractivity contribution < 1.29 is 9.53 Å². The van der Waals surface area contributed by atoms with Crippen molar-refractivity contribution in [3.63, 3.8) is 0 Å². The van der Waals surface area contributed by atoms with Crippen molar-refractivity contribution in [2.45, 2.75) is 31.2 Å². The summed E-state index contributed by atoms with van der Waals surface area (Å²) < 4.78 is 5.56. The first-order valence-corrected chi connectivity index (χ1v) is 6.35. The summed E-state index contributed by atoms with van der Waals surface area (Å²) in [5.41, 5.74) is 2.44. The molecule has 0 N–H and O–H groups in total. The molecule has 0 amide bonds. The first-order chi connectivity index (χ1) is 7.72. The fourth-order valence-electron chi connectivity index (χ4n) is 1.32. The number of hydrogen-bond acceptors (Lipinski definition) is 2. The molecule has 0 aliphatic carbocycles. The zero-order valence-electron chi connectivity index (χ0n) is 9.49. The van der Waals surface area contributed by atoms with Crippen molar-refractivity contribution in [1.29, 1.82) is 0 Å². The highest BCUT2D eigenvalue weighted by atomic mass is 79.9. The number of carbonyl (C=O) groups excluding carboxylic acids is 1. The lowest BCUT2D eigenvalue weighted by Crippen LogP contribution is -2.08. The Kier molecular flexibility index (Phi) is 6.34. The molecule has 0 aliphatic heterocycles. The van der Waals surface area contributed by atoms with Crippen LogP contribution in [0.3, 0.4) is 0 Å². The molecule has 0 spiro atoms. The summed E-state index contributed by atoms with van der Waals surface area (Å²) in [5, 5.41) is 0. The molecule has 1 aromatic carbocycles. The Morgan fingerprint density at radius 2 is 2.06 bits per heavy atom. The number of aldehydes is 1. The van der Waals surface area contributed by atoms with Gasteiger partial charge in [-0.15, -0.1) is 0 Å². The van der Waals surface area contributed by atoms with Gasteiger partial charge in [0.15, 0.2) is 0 Å². The summed E-state index contributed by atoms with van der Waals surface area (Å²) in [6, 6.07) is 8.31. The molecule has 1 unspecified atom stereocenters. The molecule has 1 atom stereocenters. The zero-order chi connectivity index (χ0) is 11.8. The predicted octanol–water partition coefficient (Wildman–Crippen LogP) is 3.25. The molecule has 1 aromatic rings. The lowest BCUT2D eigenvalue weighted by molar-refractivity contribution is -0.107. The normalized spacial score (nSPS) is 12.4. The maximum absolute atomic E-state index is 10.2. The van der Waals surface area contributed by atoms with Crippen molar-refractivity contribution in [1.82, 2.24) is 0 Å². The van der Waals surface area contributed by atoms with Crippen LogP contribution in [-0.4, -0.2) is 17.7 Å². The van der Waals surface area contributed by atoms with E-state index in [9.17, 15) is 4.79 Å². The molecule has 3 heteroatoms. The molecule has 16 heavy (non-hydrogen) atoms. The summed E-state index contributed by atoms with van der Waals surface area (Å²) in [5.74, 6) is 0. The SMILES string of the molecule is Cc1ccc(COCC(Br)CCC=O)cc1. The van der Waals surface area contributed by atoms with Crippen molar-refractivity contribution >= 4 is 22.2 Å². The first kappa shape index (κ1) is 13.4. The van der Waals surface area contributed by atoms with Crippen molar-refractivity contribution in [3.05, 3.63) is 35.4 Å². The molecule has 1 rings (SSSR count). The Hall–Kier alpha value is -0.670. The fourth-order valence-corrected chi connectivity index (χ4v) is 1.77. The maximum Gasteiger partial charge on any atom is 0.120 e. The molecule has 0 aromatic heterocycles. The van der Waals surface area contributed by atoms with Crippen molar-refractivity contribution in [2.24, 2.45) is 0 Å². The van der Waals surface area contributed by atoms with Gasteiger partial charge in [0.25, 0.3) is 0 Å². The molecular formula is C13H17BrO2. The summed E-state index contributed by atoms with van der Waals surface area (Å²) >= 11 is 3.48. The van der Waals surface area contributed by atoms with Crippen molar-refractivity contribution in [3.8, 4) is 0 Å². The van der Waals surface area contributed by atoms with Crippen LogP contribution in [0.15, 0.2) is 24.3 Å². The minimum absolute atomic E-state index is 0.267. The first-order valence-electron chi connectivity index (χ1n) is 5.43. The molecule has 0 heterocycles. The largest absolute Gasteiger partial charge is 0.376 e. The molecule has 0 saturated carbocycles. The van der Waals surface area contributed by atoms with E-state index in [1.54, 1.807) is 0 Å². The minimum atomic E-state index is 0.267. The van der Waals surface area contributed by atoms with E-state index in [2.05, 4.69) is 47.1 Å². The van der Waals surface area contributed by atoms with Gasteiger partial charge in [0, 0.05) is 11.2 Å². The van der Waals surface area contributed by atoms with E-state index < -0.39 is 0 Å². The molecule has 88 valence electrons. The van der Waals surface area contributed by atoms with Crippen LogP contribution in [-0.2, 0) is 16.1 Å². The van der Waals surface area contributed by atoms with Gasteiger partial charge >= 0.3 is 0 Å². The van der Waals surface area contributed by atoms with Gasteiger partial charge in [-0.05, 0) is 18.9 Å². The number of alkyl halides is 1. The van der Waals surface area contributed by atoms with Gasteiger partial charge in [-0.3, -0.25) is 0 Å². The van der Waals surface area contributed by atoms with E-state index in [-0.39, 0.29) is 4.83 Å². The van der Waals surface area contributed by atoms with E-state index in [1.807, 2.05) is 0 Å². The Labute approximate surface area is 105 Å². The fraction of sp³-hybridized carbons (Fsp3) is 0.462. The molecule has 0 bridgehead atoms. The lowest BCUT2D eigenvalue weighted by Gasteiger charge is -2.09. The van der Waals surface area contributed by atoms with Crippen LogP contribution in [0, 0.1) is 6.92 Å². The maximum atomic E-state index is 10.2. The predicted molar refractivity (Wildman–Crippen MR) is 68.8 cm³/mol. The topological polar surface area (TPSA) is 26.3 Å². The Bertz CT molecular complexity index is 308. The number of carbonyl (C=O) groups is 1. The van der Waals surface area contributed by atoms with Crippen LogP contribution in [0.25, 0.3) is 0 Å². The molecule has 0 radical (unpaired) electrons. The second-order valence-electron chi connectivity index (χ2n) is 3.84. The smallest absolute Gasteiger partial charge is 0.120 e. The van der Waals surface area contributed by atoms with Gasteiger partial charge in [-0.1, -0.05) is 45.8 Å². The Balaban J connectivity index is 2.19. The van der Waals surface area contributed by atoms with Crippen LogP contribution in [0.4, 0.5) is 0 Å². The number of hydrogen-bond donors (Lipinski definition) is 0. The molecular weight excluding hydrogens is 268 g/mol. The highest BCUT2D eigenvalue weighted by molar-refractivity contribution is 9.09. The number of benzene rings is 1. The third kappa shape index (κ3) is 5.42. The third-order valence-electron chi connectivity index (χ3n) is 2.29. The lowest BCUT2D eigenvalue weighted by atomic mass is 10.2. The van der Waals surface area contributed by atoms with Gasteiger partial charge in [0.2, 0.25) is 0 Å². The van der Waals surface area contributed by atoms with Gasteiger partial charge in [-0.2, -0.15) is 0 Å². The number of ether oxygens (including phenoxy) is 1. The quantitative estimate of drug-likeness (QED) is 0.568. The minimum Gasteiger partial charge on any atom is -0.376 e. The highest BCUT2D eigenvalue weighted by Crippen LogP contribution is 2.10. The van der Waals surface area contributed by atoms with Gasteiger partial charge in [-0.25, -0.2) is 0 Å². The summed E-state index contributed by atoms with van der Waals surface area (Å²) in [4.78, 5) is 10.4. The van der Waals surface area contributed by atoms with Crippen LogP contribution in [0.1, 0.15) is 24.0 Å². The Morgan fingerprint density at radius 1 is 1.38 bits per heavy atom. The second-order valence-corrected chi connectivity index (χ2v) is 5.14. The third-order valence-corrected chi connectivity index (χ3v) is 3.01. The average molecular weight is 285 g/mol. The van der Waals surface area contributed by atoms with Crippen LogP contribution in [0.2, 0.25) is 0 Å². The molecule has 0 aliphatic rings. The zero-order valence-corrected chi connectivity index (χ0v) is 11.1. The van der Waals surface area contributed by atoms with E-state index in [4.69, 9.17) is 4.74 Å². The van der Waals surface area contributed by atoms with Gasteiger partial charge in [0.05, 0.1) is 13.2 Å². The van der Waals surface area contributed by atoms with E-state index >= 15 is 0 Å². The Morgan fingerprint density at radius 3 is 2.69 bits per heavy atom. The van der Waals surface area contributed by atoms with Crippen LogP contribution >= 0.6 is 15.9 Å². The molecule has 0 saturated heterocycles. The van der Waals surface area contributed by atoms with Gasteiger partial charge < -0.3 is 9.53 Å². The number of aryl methyl sites for hydroxylation is 1. The average Bonchev–Trinajstić information content (AvgIpc) is 2.29. The standard InChI is InChI=1S/C13H17BrO2/c1-11-4-6-12(7-5-11)9-16-10-13(14)3-2-8-15/h4-8,13H,2-3,9-10H2,1H3. The summed E-state index contributed by atoms with van der Waals surface area (Å²) in [6.45, 7) is 3.34. The van der Waals surface area contributed by atoms with Crippen LogP contribution in [0.5, 0.6) is 0 Å². The summed E-state index contributed by atoms with van der Waals surface area (Å²) in [7, 11) is 0. The summed E-state index contributed by atoms with van der Waals surface area (Å²) in [6.07, 6.45) is 2.36. The van der Waals surface area contributed by atoms with Crippen LogP contribution < -0.4 is 0 Å². The van der Waals surface area contributed by atoms with E-state index in [0.29, 0.717) is 19.6 Å². The monoisotopic (exact) mass is 284 g/mol. The molecule has 2 nitrogen and oxygen atoms in total. The van der Waals surface area contributed by atoms with Gasteiger partial charge in [0.1, 0.15) is 6.29 Å². The highest BCUT2D eigenvalue weighted by Gasteiger charge is 2.03. The molecule has 0 fully saturated rings. The number of halogens is 1. The second kappa shape index (κ2) is 7.58. The van der Waals surface area contributed by atoms with Crippen molar-refractivity contribution in [2.75, 3.05) is 6.61 Å². The van der Waals surface area contributed by atoms with E-state index in [0.717, 1.165) is 12.7 Å².